The maximum Gasteiger partial charge on any atom is 0.241 e. The number of benzene rings is 1. The molecule has 1 saturated heterocycles. The Morgan fingerprint density at radius 2 is 2.14 bits per heavy atom. The number of amides is 1. The molecule has 1 aliphatic rings. The van der Waals surface area contributed by atoms with E-state index in [-0.39, 0.29) is 17.5 Å². The summed E-state index contributed by atoms with van der Waals surface area (Å²) in [5.41, 5.74) is 0.276. The first-order chi connectivity index (χ1) is 9.95. The Labute approximate surface area is 123 Å². The summed E-state index contributed by atoms with van der Waals surface area (Å²) >= 11 is 0. The second kappa shape index (κ2) is 6.49. The Morgan fingerprint density at radius 1 is 1.43 bits per heavy atom. The standard InChI is InChI=1S/C15H20F2N2O2/c1-9(6-7-21-3)19-14(18-10(2)15(19)20)12-5-4-11(16)8-13(12)17/h4-5,8-10,14,18H,6-7H2,1-3H3. The van der Waals surface area contributed by atoms with Crippen LogP contribution in [0.4, 0.5) is 8.78 Å². The molecule has 0 spiro atoms. The highest BCUT2D eigenvalue weighted by molar-refractivity contribution is 5.84. The summed E-state index contributed by atoms with van der Waals surface area (Å²) in [5.74, 6) is -1.38. The van der Waals surface area contributed by atoms with Crippen LogP contribution < -0.4 is 5.32 Å². The van der Waals surface area contributed by atoms with Gasteiger partial charge >= 0.3 is 0 Å². The second-order valence-electron chi connectivity index (χ2n) is 5.33. The van der Waals surface area contributed by atoms with Crippen LogP contribution in [0.5, 0.6) is 0 Å². The van der Waals surface area contributed by atoms with E-state index < -0.39 is 23.8 Å². The van der Waals surface area contributed by atoms with Crippen LogP contribution in [0.25, 0.3) is 0 Å². The molecule has 3 atom stereocenters. The highest BCUT2D eigenvalue weighted by atomic mass is 19.1. The average Bonchev–Trinajstić information content (AvgIpc) is 2.72. The minimum absolute atomic E-state index is 0.0904. The van der Waals surface area contributed by atoms with E-state index in [2.05, 4.69) is 5.32 Å². The lowest BCUT2D eigenvalue weighted by atomic mass is 10.1. The molecule has 0 aromatic heterocycles. The molecule has 1 heterocycles. The van der Waals surface area contributed by atoms with Crippen molar-refractivity contribution >= 4 is 5.91 Å². The number of halogens is 2. The smallest absolute Gasteiger partial charge is 0.241 e. The van der Waals surface area contributed by atoms with Gasteiger partial charge < -0.3 is 9.64 Å². The predicted octanol–water partition coefficient (Wildman–Crippen LogP) is 2.21. The molecule has 1 aromatic rings. The summed E-state index contributed by atoms with van der Waals surface area (Å²) in [6, 6.07) is 2.91. The number of rotatable bonds is 5. The molecule has 0 aliphatic carbocycles. The van der Waals surface area contributed by atoms with Crippen LogP contribution >= 0.6 is 0 Å². The van der Waals surface area contributed by atoms with E-state index >= 15 is 0 Å². The monoisotopic (exact) mass is 298 g/mol. The molecule has 1 fully saturated rings. The zero-order valence-corrected chi connectivity index (χ0v) is 12.4. The fraction of sp³-hybridized carbons (Fsp3) is 0.533. The highest BCUT2D eigenvalue weighted by Gasteiger charge is 2.40. The van der Waals surface area contributed by atoms with Crippen LogP contribution in [0.3, 0.4) is 0 Å². The van der Waals surface area contributed by atoms with Gasteiger partial charge in [0, 0.05) is 31.4 Å². The number of carbonyl (C=O) groups excluding carboxylic acids is 1. The van der Waals surface area contributed by atoms with Crippen LogP contribution in [-0.4, -0.2) is 36.6 Å². The van der Waals surface area contributed by atoms with E-state index in [1.54, 1.807) is 18.9 Å². The quantitative estimate of drug-likeness (QED) is 0.906. The van der Waals surface area contributed by atoms with Gasteiger partial charge in [-0.25, -0.2) is 8.78 Å². The van der Waals surface area contributed by atoms with Crippen LogP contribution in [0, 0.1) is 11.6 Å². The summed E-state index contributed by atoms with van der Waals surface area (Å²) in [6.45, 7) is 4.14. The third kappa shape index (κ3) is 3.22. The molecular formula is C15H20F2N2O2. The molecule has 0 bridgehead atoms. The first kappa shape index (κ1) is 15.9. The Kier molecular flexibility index (Phi) is 4.90. The van der Waals surface area contributed by atoms with Crippen molar-refractivity contribution in [1.82, 2.24) is 10.2 Å². The Balaban J connectivity index is 2.29. The number of nitrogens with zero attached hydrogens (tertiary/aromatic N) is 1. The van der Waals surface area contributed by atoms with Crippen molar-refractivity contribution in [3.63, 3.8) is 0 Å². The van der Waals surface area contributed by atoms with Crippen molar-refractivity contribution in [1.29, 1.82) is 0 Å². The molecule has 0 saturated carbocycles. The molecule has 6 heteroatoms. The number of ether oxygens (including phenoxy) is 1. The molecule has 1 amide bonds. The van der Waals surface area contributed by atoms with E-state index in [4.69, 9.17) is 4.74 Å². The van der Waals surface area contributed by atoms with Gasteiger partial charge in [-0.15, -0.1) is 0 Å². The summed E-state index contributed by atoms with van der Waals surface area (Å²) in [6.07, 6.45) is 0.0654. The molecule has 116 valence electrons. The van der Waals surface area contributed by atoms with E-state index in [0.29, 0.717) is 13.0 Å². The third-order valence-electron chi connectivity index (χ3n) is 3.78. The number of nitrogens with one attached hydrogen (secondary N) is 1. The van der Waals surface area contributed by atoms with E-state index in [1.165, 1.54) is 12.1 Å². The topological polar surface area (TPSA) is 41.6 Å². The normalized spacial score (nSPS) is 23.7. The van der Waals surface area contributed by atoms with E-state index in [1.807, 2.05) is 6.92 Å². The van der Waals surface area contributed by atoms with Crippen LogP contribution in [-0.2, 0) is 9.53 Å². The van der Waals surface area contributed by atoms with E-state index in [9.17, 15) is 13.6 Å². The number of hydrogen-bond acceptors (Lipinski definition) is 3. The maximum atomic E-state index is 14.0. The van der Waals surface area contributed by atoms with Crippen molar-refractivity contribution in [2.24, 2.45) is 0 Å². The molecule has 2 rings (SSSR count). The van der Waals surface area contributed by atoms with Crippen LogP contribution in [0.2, 0.25) is 0 Å². The van der Waals surface area contributed by atoms with Crippen LogP contribution in [0.15, 0.2) is 18.2 Å². The van der Waals surface area contributed by atoms with Crippen molar-refractivity contribution in [2.45, 2.75) is 38.5 Å². The number of carbonyl (C=O) groups is 1. The van der Waals surface area contributed by atoms with Gasteiger partial charge in [0.1, 0.15) is 17.8 Å². The Bertz CT molecular complexity index is 524. The number of methoxy groups -OCH3 is 1. The zero-order valence-electron chi connectivity index (χ0n) is 12.4. The summed E-state index contributed by atoms with van der Waals surface area (Å²) < 4.78 is 32.1. The third-order valence-corrected chi connectivity index (χ3v) is 3.78. The molecule has 1 aliphatic heterocycles. The minimum Gasteiger partial charge on any atom is -0.385 e. The van der Waals surface area contributed by atoms with Gasteiger partial charge in [0.2, 0.25) is 5.91 Å². The van der Waals surface area contributed by atoms with Gasteiger partial charge in [0.15, 0.2) is 0 Å². The van der Waals surface area contributed by atoms with Crippen molar-refractivity contribution in [3.05, 3.63) is 35.4 Å². The van der Waals surface area contributed by atoms with Gasteiger partial charge in [-0.1, -0.05) is 0 Å². The minimum atomic E-state index is -0.654. The van der Waals surface area contributed by atoms with E-state index in [0.717, 1.165) is 6.07 Å². The lowest BCUT2D eigenvalue weighted by Crippen LogP contribution is -2.39. The summed E-state index contributed by atoms with van der Waals surface area (Å²) in [5, 5.41) is 3.06. The van der Waals surface area contributed by atoms with Gasteiger partial charge in [0.05, 0.1) is 6.04 Å². The largest absolute Gasteiger partial charge is 0.385 e. The molecule has 1 N–H and O–H groups in total. The van der Waals surface area contributed by atoms with Gasteiger partial charge in [-0.2, -0.15) is 0 Å². The fourth-order valence-corrected chi connectivity index (χ4v) is 2.60. The first-order valence-corrected chi connectivity index (χ1v) is 6.97. The van der Waals surface area contributed by atoms with Crippen LogP contribution in [0.1, 0.15) is 32.0 Å². The maximum absolute atomic E-state index is 14.0. The van der Waals surface area contributed by atoms with Gasteiger partial charge in [-0.3, -0.25) is 10.1 Å². The highest BCUT2D eigenvalue weighted by Crippen LogP contribution is 2.30. The molecule has 3 unspecified atom stereocenters. The van der Waals surface area contributed by atoms with Crippen molar-refractivity contribution in [2.75, 3.05) is 13.7 Å². The summed E-state index contributed by atoms with van der Waals surface area (Å²) in [4.78, 5) is 13.9. The first-order valence-electron chi connectivity index (χ1n) is 6.97. The van der Waals surface area contributed by atoms with Crippen molar-refractivity contribution < 1.29 is 18.3 Å². The summed E-state index contributed by atoms with van der Waals surface area (Å²) in [7, 11) is 1.59. The SMILES string of the molecule is COCCC(C)N1C(=O)C(C)NC1c1ccc(F)cc1F. The lowest BCUT2D eigenvalue weighted by Gasteiger charge is -2.30. The predicted molar refractivity (Wildman–Crippen MR) is 74.5 cm³/mol. The average molecular weight is 298 g/mol. The number of hydrogen-bond donors (Lipinski definition) is 1. The fourth-order valence-electron chi connectivity index (χ4n) is 2.60. The van der Waals surface area contributed by atoms with Crippen molar-refractivity contribution in [3.8, 4) is 0 Å². The Morgan fingerprint density at radius 3 is 2.76 bits per heavy atom. The Hall–Kier alpha value is -1.53. The van der Waals surface area contributed by atoms with Gasteiger partial charge in [0.25, 0.3) is 0 Å². The molecular weight excluding hydrogens is 278 g/mol. The second-order valence-corrected chi connectivity index (χ2v) is 5.33. The van der Waals surface area contributed by atoms with Gasteiger partial charge in [-0.05, 0) is 32.4 Å². The molecule has 0 radical (unpaired) electrons. The molecule has 1 aromatic carbocycles. The lowest BCUT2D eigenvalue weighted by molar-refractivity contribution is -0.132. The molecule has 21 heavy (non-hydrogen) atoms. The molecule has 4 nitrogen and oxygen atoms in total. The zero-order chi connectivity index (χ0) is 15.6.